The van der Waals surface area contributed by atoms with E-state index in [4.69, 9.17) is 4.74 Å². The van der Waals surface area contributed by atoms with E-state index in [2.05, 4.69) is 4.90 Å². The second kappa shape index (κ2) is 7.67. The maximum atomic E-state index is 13.3. The monoisotopic (exact) mass is 310 g/mol. The number of carbonyl (C=O) groups excluding carboxylic acids is 1. The van der Waals surface area contributed by atoms with Gasteiger partial charge in [0.1, 0.15) is 5.82 Å². The average Bonchev–Trinajstić information content (AvgIpc) is 2.49. The highest BCUT2D eigenvalue weighted by atomic mass is 19.1. The van der Waals surface area contributed by atoms with Gasteiger partial charge in [0.2, 0.25) is 0 Å². The molecule has 0 bridgehead atoms. The SMILES string of the molecule is Cc1ccc(F)cc1C(=O)N(C)CC(O)CN1CCOCC1. The van der Waals surface area contributed by atoms with Crippen LogP contribution in [0.4, 0.5) is 4.39 Å². The molecule has 1 atom stereocenters. The minimum Gasteiger partial charge on any atom is -0.390 e. The van der Waals surface area contributed by atoms with Crippen LogP contribution in [0.1, 0.15) is 15.9 Å². The van der Waals surface area contributed by atoms with Gasteiger partial charge >= 0.3 is 0 Å². The van der Waals surface area contributed by atoms with Crippen LogP contribution >= 0.6 is 0 Å². The fourth-order valence-electron chi connectivity index (χ4n) is 2.57. The third-order valence-electron chi connectivity index (χ3n) is 3.83. The Morgan fingerprint density at radius 3 is 2.82 bits per heavy atom. The van der Waals surface area contributed by atoms with Gasteiger partial charge in [0.15, 0.2) is 0 Å². The molecule has 6 heteroatoms. The molecule has 2 rings (SSSR count). The van der Waals surface area contributed by atoms with Gasteiger partial charge in [0.05, 0.1) is 19.3 Å². The van der Waals surface area contributed by atoms with E-state index in [0.717, 1.165) is 18.7 Å². The smallest absolute Gasteiger partial charge is 0.254 e. The van der Waals surface area contributed by atoms with E-state index in [9.17, 15) is 14.3 Å². The Bertz CT molecular complexity index is 518. The Balaban J connectivity index is 1.91. The largest absolute Gasteiger partial charge is 0.390 e. The van der Waals surface area contributed by atoms with Crippen LogP contribution in [0.3, 0.4) is 0 Å². The average molecular weight is 310 g/mol. The van der Waals surface area contributed by atoms with Crippen molar-refractivity contribution >= 4 is 5.91 Å². The van der Waals surface area contributed by atoms with E-state index in [0.29, 0.717) is 25.3 Å². The van der Waals surface area contributed by atoms with Crippen LogP contribution in [-0.4, -0.2) is 73.4 Å². The second-order valence-corrected chi connectivity index (χ2v) is 5.71. The maximum Gasteiger partial charge on any atom is 0.254 e. The zero-order valence-electron chi connectivity index (χ0n) is 13.1. The maximum absolute atomic E-state index is 13.3. The molecule has 0 radical (unpaired) electrons. The summed E-state index contributed by atoms with van der Waals surface area (Å²) in [6.07, 6.45) is -0.638. The zero-order valence-corrected chi connectivity index (χ0v) is 13.1. The number of aliphatic hydroxyl groups is 1. The molecule has 5 nitrogen and oxygen atoms in total. The first-order valence-electron chi connectivity index (χ1n) is 7.47. The third kappa shape index (κ3) is 4.50. The molecule has 1 heterocycles. The van der Waals surface area contributed by atoms with Crippen LogP contribution in [0.15, 0.2) is 18.2 Å². The summed E-state index contributed by atoms with van der Waals surface area (Å²) in [4.78, 5) is 15.9. The molecule has 0 aromatic heterocycles. The molecule has 1 fully saturated rings. The molecule has 1 aromatic carbocycles. The highest BCUT2D eigenvalue weighted by Gasteiger charge is 2.20. The van der Waals surface area contributed by atoms with Crippen LogP contribution in [0.5, 0.6) is 0 Å². The summed E-state index contributed by atoms with van der Waals surface area (Å²) in [5.41, 5.74) is 1.06. The first-order valence-corrected chi connectivity index (χ1v) is 7.47. The molecular weight excluding hydrogens is 287 g/mol. The van der Waals surface area contributed by atoms with Crippen LogP contribution in [-0.2, 0) is 4.74 Å². The fraction of sp³-hybridized carbons (Fsp3) is 0.562. The van der Waals surface area contributed by atoms with Gasteiger partial charge in [0, 0.05) is 38.8 Å². The number of amides is 1. The van der Waals surface area contributed by atoms with Gasteiger partial charge in [-0.25, -0.2) is 4.39 Å². The normalized spacial score (nSPS) is 17.3. The number of halogens is 1. The van der Waals surface area contributed by atoms with E-state index in [-0.39, 0.29) is 12.5 Å². The quantitative estimate of drug-likeness (QED) is 0.878. The fourth-order valence-corrected chi connectivity index (χ4v) is 2.57. The highest BCUT2D eigenvalue weighted by molar-refractivity contribution is 5.95. The lowest BCUT2D eigenvalue weighted by Gasteiger charge is -2.30. The molecule has 0 aliphatic carbocycles. The van der Waals surface area contributed by atoms with Crippen LogP contribution in [0.2, 0.25) is 0 Å². The van der Waals surface area contributed by atoms with Gasteiger partial charge in [-0.15, -0.1) is 0 Å². The van der Waals surface area contributed by atoms with Crippen molar-refractivity contribution in [2.24, 2.45) is 0 Å². The third-order valence-corrected chi connectivity index (χ3v) is 3.83. The highest BCUT2D eigenvalue weighted by Crippen LogP contribution is 2.13. The Morgan fingerprint density at radius 2 is 2.14 bits per heavy atom. The van der Waals surface area contributed by atoms with E-state index in [1.165, 1.54) is 17.0 Å². The minimum atomic E-state index is -0.638. The van der Waals surface area contributed by atoms with E-state index in [1.807, 2.05) is 0 Å². The minimum absolute atomic E-state index is 0.214. The molecule has 1 aromatic rings. The first-order chi connectivity index (χ1) is 10.5. The van der Waals surface area contributed by atoms with Crippen molar-refractivity contribution < 1.29 is 19.0 Å². The Morgan fingerprint density at radius 1 is 1.45 bits per heavy atom. The van der Waals surface area contributed by atoms with Crippen molar-refractivity contribution in [3.8, 4) is 0 Å². The number of carbonyl (C=O) groups is 1. The molecular formula is C16H23FN2O3. The number of aryl methyl sites for hydroxylation is 1. The number of benzene rings is 1. The van der Waals surface area contributed by atoms with E-state index in [1.54, 1.807) is 20.0 Å². The summed E-state index contributed by atoms with van der Waals surface area (Å²) in [5, 5.41) is 10.1. The van der Waals surface area contributed by atoms with Crippen molar-refractivity contribution in [2.75, 3.05) is 46.4 Å². The van der Waals surface area contributed by atoms with Crippen molar-refractivity contribution in [3.63, 3.8) is 0 Å². The van der Waals surface area contributed by atoms with Gasteiger partial charge in [-0.1, -0.05) is 6.07 Å². The standard InChI is InChI=1S/C16H23FN2O3/c1-12-3-4-13(17)9-15(12)16(21)18(2)10-14(20)11-19-5-7-22-8-6-19/h3-4,9,14,20H,5-8,10-11H2,1-2H3. The van der Waals surface area contributed by atoms with Gasteiger partial charge < -0.3 is 14.7 Å². The van der Waals surface area contributed by atoms with Crippen molar-refractivity contribution in [3.05, 3.63) is 35.1 Å². The molecule has 1 aliphatic rings. The number of rotatable bonds is 5. The Kier molecular flexibility index (Phi) is 5.88. The molecule has 0 saturated carbocycles. The summed E-state index contributed by atoms with van der Waals surface area (Å²) in [6.45, 7) is 5.41. The summed E-state index contributed by atoms with van der Waals surface area (Å²) >= 11 is 0. The summed E-state index contributed by atoms with van der Waals surface area (Å²) in [6, 6.07) is 4.16. The lowest BCUT2D eigenvalue weighted by molar-refractivity contribution is 0.00878. The zero-order chi connectivity index (χ0) is 16.1. The van der Waals surface area contributed by atoms with E-state index >= 15 is 0 Å². The van der Waals surface area contributed by atoms with Crippen LogP contribution in [0, 0.1) is 12.7 Å². The lowest BCUT2D eigenvalue weighted by atomic mass is 10.1. The second-order valence-electron chi connectivity index (χ2n) is 5.71. The van der Waals surface area contributed by atoms with Gasteiger partial charge in [-0.05, 0) is 24.6 Å². The Labute approximate surface area is 130 Å². The number of hydrogen-bond donors (Lipinski definition) is 1. The molecule has 1 aliphatic heterocycles. The number of β-amino-alcohol motifs (C(OH)–C–C–N with tert-alkyl or cyclic N) is 1. The topological polar surface area (TPSA) is 53.0 Å². The molecule has 22 heavy (non-hydrogen) atoms. The van der Waals surface area contributed by atoms with E-state index < -0.39 is 11.9 Å². The summed E-state index contributed by atoms with van der Waals surface area (Å²) in [7, 11) is 1.62. The lowest BCUT2D eigenvalue weighted by Crippen LogP contribution is -2.45. The molecule has 1 saturated heterocycles. The Hall–Kier alpha value is -1.50. The number of hydrogen-bond acceptors (Lipinski definition) is 4. The first kappa shape index (κ1) is 16.9. The molecule has 0 spiro atoms. The van der Waals surface area contributed by atoms with Crippen molar-refractivity contribution in [1.29, 1.82) is 0 Å². The van der Waals surface area contributed by atoms with Gasteiger partial charge in [-0.2, -0.15) is 0 Å². The predicted octanol–water partition coefficient (Wildman–Crippen LogP) is 0.899. The number of nitrogens with zero attached hydrogens (tertiary/aromatic N) is 2. The predicted molar refractivity (Wildman–Crippen MR) is 81.4 cm³/mol. The molecule has 1 unspecified atom stereocenters. The summed E-state index contributed by atoms with van der Waals surface area (Å²) in [5.74, 6) is -0.714. The summed E-state index contributed by atoms with van der Waals surface area (Å²) < 4.78 is 18.6. The molecule has 122 valence electrons. The van der Waals surface area contributed by atoms with Crippen molar-refractivity contribution in [1.82, 2.24) is 9.80 Å². The number of likely N-dealkylation sites (N-methyl/N-ethyl adjacent to an activating group) is 1. The molecule has 1 N–H and O–H groups in total. The number of ether oxygens (including phenoxy) is 1. The van der Waals surface area contributed by atoms with Gasteiger partial charge in [0.25, 0.3) is 5.91 Å². The van der Waals surface area contributed by atoms with Crippen molar-refractivity contribution in [2.45, 2.75) is 13.0 Å². The van der Waals surface area contributed by atoms with Gasteiger partial charge in [-0.3, -0.25) is 9.69 Å². The number of morpholine rings is 1. The molecule has 1 amide bonds. The van der Waals surface area contributed by atoms with Crippen LogP contribution in [0.25, 0.3) is 0 Å². The van der Waals surface area contributed by atoms with Crippen LogP contribution < -0.4 is 0 Å². The number of aliphatic hydroxyl groups excluding tert-OH is 1.